The van der Waals surface area contributed by atoms with E-state index in [0.717, 1.165) is 48.4 Å². The largest absolute Gasteiger partial charge is 0.289 e. The van der Waals surface area contributed by atoms with Gasteiger partial charge in [0.2, 0.25) is 0 Å². The SMILES string of the molecule is O=C1c2ccccc2-c2cc(Br)c3c4c(Br)cc5c6c(ccc(c7ccc1c2c73)c64)Cc1ccccc1-5. The highest BCUT2D eigenvalue weighted by Gasteiger charge is 2.30. The van der Waals surface area contributed by atoms with E-state index in [9.17, 15) is 4.79 Å². The fraction of sp³-hybridized carbons (Fsp3) is 0.0294. The predicted octanol–water partition coefficient (Wildman–Crippen LogP) is 10.0. The molecule has 9 rings (SSSR count). The maximum atomic E-state index is 13.6. The molecule has 2 aliphatic rings. The Kier molecular flexibility index (Phi) is 3.80. The Bertz CT molecular complexity index is 2210. The van der Waals surface area contributed by atoms with Crippen molar-refractivity contribution in [3.8, 4) is 22.3 Å². The Labute approximate surface area is 229 Å². The molecule has 0 aliphatic heterocycles. The van der Waals surface area contributed by atoms with Crippen LogP contribution in [0.3, 0.4) is 0 Å². The molecule has 0 spiro atoms. The molecule has 0 heterocycles. The zero-order valence-corrected chi connectivity index (χ0v) is 22.6. The maximum absolute atomic E-state index is 13.6. The maximum Gasteiger partial charge on any atom is 0.194 e. The summed E-state index contributed by atoms with van der Waals surface area (Å²) in [5.41, 5.74) is 9.05. The standard InChI is InChI=1S/C34H16Br2O/c35-26-14-24-18-6-2-1-5-16(18)13-17-9-10-20-21-11-12-23-29-25(19-7-3-4-8-22(19)34(23)37)15-27(36)33(31(21)29)32(26)30(20)28(17)24/h1-12,14-15H,13H2. The average Bonchev–Trinajstić information content (AvgIpc) is 2.93. The molecule has 7 aromatic rings. The van der Waals surface area contributed by atoms with Crippen LogP contribution in [0.5, 0.6) is 0 Å². The molecule has 0 fully saturated rings. The highest BCUT2D eigenvalue weighted by atomic mass is 79.9. The van der Waals surface area contributed by atoms with Crippen LogP contribution in [0.4, 0.5) is 0 Å². The number of rotatable bonds is 0. The van der Waals surface area contributed by atoms with Crippen molar-refractivity contribution < 1.29 is 4.79 Å². The lowest BCUT2D eigenvalue weighted by Gasteiger charge is -2.27. The van der Waals surface area contributed by atoms with Crippen molar-refractivity contribution >= 4 is 80.7 Å². The van der Waals surface area contributed by atoms with E-state index >= 15 is 0 Å². The molecule has 0 atom stereocenters. The Morgan fingerprint density at radius 2 is 1.05 bits per heavy atom. The fourth-order valence-corrected chi connectivity index (χ4v) is 8.29. The van der Waals surface area contributed by atoms with Gasteiger partial charge in [0.05, 0.1) is 0 Å². The number of hydrogen-bond donors (Lipinski definition) is 0. The van der Waals surface area contributed by atoms with E-state index in [1.54, 1.807) is 0 Å². The lowest BCUT2D eigenvalue weighted by molar-refractivity contribution is 0.104. The van der Waals surface area contributed by atoms with E-state index in [1.165, 1.54) is 54.6 Å². The highest BCUT2D eigenvalue weighted by molar-refractivity contribution is 9.11. The van der Waals surface area contributed by atoms with E-state index < -0.39 is 0 Å². The number of fused-ring (bicyclic) bond motifs is 6. The van der Waals surface area contributed by atoms with Crippen LogP contribution in [0.25, 0.3) is 65.3 Å². The smallest absolute Gasteiger partial charge is 0.194 e. The molecule has 37 heavy (non-hydrogen) atoms. The molecule has 0 radical (unpaired) electrons. The van der Waals surface area contributed by atoms with Gasteiger partial charge in [-0.1, -0.05) is 98.6 Å². The van der Waals surface area contributed by atoms with Gasteiger partial charge in [-0.3, -0.25) is 4.79 Å². The summed E-state index contributed by atoms with van der Waals surface area (Å²) >= 11 is 8.00. The predicted molar refractivity (Wildman–Crippen MR) is 160 cm³/mol. The molecule has 0 amide bonds. The van der Waals surface area contributed by atoms with Crippen molar-refractivity contribution in [1.82, 2.24) is 0 Å². The van der Waals surface area contributed by atoms with Gasteiger partial charge >= 0.3 is 0 Å². The van der Waals surface area contributed by atoms with Crippen LogP contribution in [0, 0.1) is 0 Å². The summed E-state index contributed by atoms with van der Waals surface area (Å²) in [6, 6.07) is 30.1. The van der Waals surface area contributed by atoms with Crippen molar-refractivity contribution in [3.63, 3.8) is 0 Å². The molecule has 0 saturated carbocycles. The number of ketones is 1. The van der Waals surface area contributed by atoms with Crippen molar-refractivity contribution in [2.75, 3.05) is 0 Å². The van der Waals surface area contributed by atoms with Gasteiger partial charge < -0.3 is 0 Å². The normalized spacial score (nSPS) is 13.6. The van der Waals surface area contributed by atoms with Gasteiger partial charge in [0, 0.05) is 36.2 Å². The summed E-state index contributed by atoms with van der Waals surface area (Å²) in [5.74, 6) is 0.106. The van der Waals surface area contributed by atoms with E-state index in [-0.39, 0.29) is 5.78 Å². The van der Waals surface area contributed by atoms with Crippen LogP contribution in [0.1, 0.15) is 27.0 Å². The monoisotopic (exact) mass is 598 g/mol. The molecular weight excluding hydrogens is 584 g/mol. The van der Waals surface area contributed by atoms with Crippen LogP contribution >= 0.6 is 31.9 Å². The van der Waals surface area contributed by atoms with Crippen LogP contribution < -0.4 is 0 Å². The van der Waals surface area contributed by atoms with Gasteiger partial charge in [0.15, 0.2) is 5.78 Å². The fourth-order valence-electron chi connectivity index (χ4n) is 7.04. The van der Waals surface area contributed by atoms with Crippen LogP contribution in [0.15, 0.2) is 93.9 Å². The minimum atomic E-state index is 0.106. The number of carbonyl (C=O) groups is 1. The Morgan fingerprint density at radius 3 is 1.81 bits per heavy atom. The zero-order valence-electron chi connectivity index (χ0n) is 19.5. The topological polar surface area (TPSA) is 17.1 Å². The van der Waals surface area contributed by atoms with Gasteiger partial charge in [0.25, 0.3) is 0 Å². The molecule has 0 unspecified atom stereocenters. The van der Waals surface area contributed by atoms with Gasteiger partial charge in [-0.15, -0.1) is 0 Å². The summed E-state index contributed by atoms with van der Waals surface area (Å²) in [4.78, 5) is 13.6. The lowest BCUT2D eigenvalue weighted by Crippen LogP contribution is -2.10. The first-order valence-electron chi connectivity index (χ1n) is 12.4. The minimum Gasteiger partial charge on any atom is -0.289 e. The molecule has 7 aromatic carbocycles. The number of halogens is 2. The molecule has 0 saturated heterocycles. The van der Waals surface area contributed by atoms with E-state index in [4.69, 9.17) is 0 Å². The number of benzene rings is 7. The molecular formula is C34H16Br2O. The molecule has 1 nitrogen and oxygen atoms in total. The second-order valence-corrected chi connectivity index (χ2v) is 11.9. The number of hydrogen-bond acceptors (Lipinski definition) is 1. The first-order valence-corrected chi connectivity index (χ1v) is 14.0. The average molecular weight is 600 g/mol. The van der Waals surface area contributed by atoms with Gasteiger partial charge in [-0.25, -0.2) is 0 Å². The van der Waals surface area contributed by atoms with E-state index in [2.05, 4.69) is 92.5 Å². The van der Waals surface area contributed by atoms with E-state index in [1.807, 2.05) is 24.3 Å². The number of carbonyl (C=O) groups excluding carboxylic acids is 1. The minimum absolute atomic E-state index is 0.106. The van der Waals surface area contributed by atoms with Crippen LogP contribution in [-0.4, -0.2) is 5.78 Å². The lowest BCUT2D eigenvalue weighted by atomic mass is 9.77. The van der Waals surface area contributed by atoms with Crippen molar-refractivity contribution in [2.45, 2.75) is 6.42 Å². The summed E-state index contributed by atoms with van der Waals surface area (Å²) in [6.45, 7) is 0. The van der Waals surface area contributed by atoms with Crippen LogP contribution in [-0.2, 0) is 6.42 Å². The van der Waals surface area contributed by atoms with Gasteiger partial charge in [0.1, 0.15) is 0 Å². The third-order valence-electron chi connectivity index (χ3n) is 8.49. The van der Waals surface area contributed by atoms with Crippen molar-refractivity contribution in [3.05, 3.63) is 116 Å². The van der Waals surface area contributed by atoms with Crippen molar-refractivity contribution in [1.29, 1.82) is 0 Å². The Balaban J connectivity index is 1.57. The molecule has 0 aromatic heterocycles. The Hall–Kier alpha value is -3.53. The zero-order chi connectivity index (χ0) is 24.6. The van der Waals surface area contributed by atoms with Crippen LogP contribution in [0.2, 0.25) is 0 Å². The third-order valence-corrected chi connectivity index (χ3v) is 9.74. The van der Waals surface area contributed by atoms with Gasteiger partial charge in [-0.05, 0) is 84.9 Å². The third kappa shape index (κ3) is 2.38. The Morgan fingerprint density at radius 1 is 0.459 bits per heavy atom. The first-order chi connectivity index (χ1) is 18.1. The first kappa shape index (κ1) is 20.5. The summed E-state index contributed by atoms with van der Waals surface area (Å²) in [5, 5.41) is 9.70. The molecule has 0 bridgehead atoms. The molecule has 172 valence electrons. The van der Waals surface area contributed by atoms with Crippen molar-refractivity contribution in [2.24, 2.45) is 0 Å². The second-order valence-electron chi connectivity index (χ2n) is 10.2. The molecule has 2 aliphatic carbocycles. The van der Waals surface area contributed by atoms with E-state index in [0.29, 0.717) is 0 Å². The summed E-state index contributed by atoms with van der Waals surface area (Å²) in [7, 11) is 0. The molecule has 0 N–H and O–H groups in total. The summed E-state index contributed by atoms with van der Waals surface area (Å²) in [6.07, 6.45) is 0.938. The molecule has 3 heteroatoms. The second kappa shape index (κ2) is 6.86. The van der Waals surface area contributed by atoms with Gasteiger partial charge in [-0.2, -0.15) is 0 Å². The summed E-state index contributed by atoms with van der Waals surface area (Å²) < 4.78 is 2.14. The quantitative estimate of drug-likeness (QED) is 0.125. The highest BCUT2D eigenvalue weighted by Crippen LogP contribution is 2.53.